The Kier molecular flexibility index (Phi) is 7.42. The van der Waals surface area contributed by atoms with Gasteiger partial charge in [0, 0.05) is 27.4 Å². The molecule has 11 heteroatoms. The number of nitrogens with one attached hydrogen (secondary N) is 1. The summed E-state index contributed by atoms with van der Waals surface area (Å²) in [5, 5.41) is 4.51. The number of thiazole rings is 1. The number of imide groups is 1. The first-order chi connectivity index (χ1) is 21.9. The van der Waals surface area contributed by atoms with Crippen LogP contribution in [0.5, 0.6) is 11.5 Å². The number of benzene rings is 4. The van der Waals surface area contributed by atoms with Crippen LogP contribution >= 0.6 is 23.1 Å². The molecule has 45 heavy (non-hydrogen) atoms. The van der Waals surface area contributed by atoms with Crippen molar-refractivity contribution in [3.05, 3.63) is 111 Å². The van der Waals surface area contributed by atoms with E-state index in [1.807, 2.05) is 60.7 Å². The Balaban J connectivity index is 1.29. The van der Waals surface area contributed by atoms with Crippen molar-refractivity contribution in [2.45, 2.75) is 22.7 Å². The molecule has 9 nitrogen and oxygen atoms in total. The number of carbonyl (C=O) groups excluding carboxylic acids is 3. The van der Waals surface area contributed by atoms with Gasteiger partial charge in [-0.15, -0.1) is 0 Å². The first-order valence-electron chi connectivity index (χ1n) is 14.2. The third-order valence-corrected chi connectivity index (χ3v) is 10.8. The summed E-state index contributed by atoms with van der Waals surface area (Å²) in [7, 11) is 3.09. The molecule has 5 aromatic rings. The van der Waals surface area contributed by atoms with E-state index in [2.05, 4.69) is 5.32 Å². The molecule has 2 unspecified atom stereocenters. The average molecular weight is 638 g/mol. The Morgan fingerprint density at radius 1 is 0.844 bits per heavy atom. The maximum atomic E-state index is 14.2. The Hall–Kier alpha value is -4.87. The Morgan fingerprint density at radius 2 is 1.58 bits per heavy atom. The number of aromatic nitrogens is 1. The summed E-state index contributed by atoms with van der Waals surface area (Å²) in [4.78, 5) is 56.6. The second kappa shape index (κ2) is 11.6. The molecule has 0 bridgehead atoms. The van der Waals surface area contributed by atoms with Crippen molar-refractivity contribution in [1.29, 1.82) is 0 Å². The summed E-state index contributed by atoms with van der Waals surface area (Å²) in [5.74, 6) is -1.39. The van der Waals surface area contributed by atoms with E-state index in [1.54, 1.807) is 44.6 Å². The number of hydrogen-bond acceptors (Lipinski definition) is 8. The second-order valence-electron chi connectivity index (χ2n) is 10.7. The number of nitrogens with zero attached hydrogens (tertiary/aromatic N) is 2. The van der Waals surface area contributed by atoms with Gasteiger partial charge in [0.15, 0.2) is 0 Å². The lowest BCUT2D eigenvalue weighted by atomic mass is 9.82. The van der Waals surface area contributed by atoms with E-state index in [1.165, 1.54) is 21.2 Å². The number of rotatable bonds is 7. The van der Waals surface area contributed by atoms with Crippen LogP contribution in [0.1, 0.15) is 16.4 Å². The zero-order valence-corrected chi connectivity index (χ0v) is 25.9. The summed E-state index contributed by atoms with van der Waals surface area (Å²) in [5.41, 5.74) is 1.78. The van der Waals surface area contributed by atoms with Crippen LogP contribution in [0, 0.1) is 5.92 Å². The number of carbonyl (C=O) groups is 3. The van der Waals surface area contributed by atoms with E-state index in [0.29, 0.717) is 38.3 Å². The fourth-order valence-corrected chi connectivity index (χ4v) is 8.93. The SMILES string of the molecule is COc1ccc(N2C(=O)C3Sc4c(sc(=O)n4CC(=O)Nc4cccc5ccccc45)[C@H](c4ccccc4OC)C3C2=O)cc1. The summed E-state index contributed by atoms with van der Waals surface area (Å²) in [6.07, 6.45) is 0. The highest BCUT2D eigenvalue weighted by Crippen LogP contribution is 2.55. The lowest BCUT2D eigenvalue weighted by Crippen LogP contribution is -2.33. The number of methoxy groups -OCH3 is 2. The Morgan fingerprint density at radius 3 is 2.36 bits per heavy atom. The molecule has 7 rings (SSSR count). The van der Waals surface area contributed by atoms with Gasteiger partial charge in [0.25, 0.3) is 0 Å². The van der Waals surface area contributed by atoms with Gasteiger partial charge in [0.1, 0.15) is 23.3 Å². The zero-order valence-electron chi connectivity index (χ0n) is 24.3. The molecule has 3 heterocycles. The molecule has 0 radical (unpaired) electrons. The summed E-state index contributed by atoms with van der Waals surface area (Å²) in [6, 6.07) is 27.4. The highest BCUT2D eigenvalue weighted by atomic mass is 32.2. The van der Waals surface area contributed by atoms with Crippen LogP contribution in [0.15, 0.2) is 101 Å². The van der Waals surface area contributed by atoms with Gasteiger partial charge in [-0.3, -0.25) is 23.7 Å². The highest BCUT2D eigenvalue weighted by molar-refractivity contribution is 8.00. The zero-order chi connectivity index (χ0) is 31.2. The van der Waals surface area contributed by atoms with Crippen LogP contribution in [-0.2, 0) is 20.9 Å². The number of thioether (sulfide) groups is 1. The second-order valence-corrected chi connectivity index (χ2v) is 12.8. The van der Waals surface area contributed by atoms with Crippen molar-refractivity contribution in [2.24, 2.45) is 5.92 Å². The van der Waals surface area contributed by atoms with Crippen molar-refractivity contribution in [2.75, 3.05) is 24.4 Å². The van der Waals surface area contributed by atoms with Crippen molar-refractivity contribution in [3.8, 4) is 11.5 Å². The van der Waals surface area contributed by atoms with Crippen molar-refractivity contribution in [3.63, 3.8) is 0 Å². The number of anilines is 2. The monoisotopic (exact) mass is 637 g/mol. The molecule has 1 saturated heterocycles. The Bertz CT molecular complexity index is 2030. The predicted octanol–water partition coefficient (Wildman–Crippen LogP) is 5.51. The third-order valence-electron chi connectivity index (χ3n) is 8.22. The molecule has 3 atom stereocenters. The highest BCUT2D eigenvalue weighted by Gasteiger charge is 2.57. The maximum Gasteiger partial charge on any atom is 0.308 e. The molecule has 2 aliphatic rings. The van der Waals surface area contributed by atoms with Crippen LogP contribution in [0.25, 0.3) is 10.8 Å². The minimum atomic E-state index is -0.816. The lowest BCUT2D eigenvalue weighted by Gasteiger charge is -2.31. The van der Waals surface area contributed by atoms with Gasteiger partial charge in [-0.25, -0.2) is 4.90 Å². The molecular formula is C34H27N3O6S2. The largest absolute Gasteiger partial charge is 0.497 e. The fourth-order valence-electron chi connectivity index (χ4n) is 6.17. The van der Waals surface area contributed by atoms with Gasteiger partial charge in [-0.05, 0) is 41.8 Å². The summed E-state index contributed by atoms with van der Waals surface area (Å²) in [6.45, 7) is -0.249. The fraction of sp³-hybridized carbons (Fsp3) is 0.176. The van der Waals surface area contributed by atoms with Gasteiger partial charge in [-0.1, -0.05) is 77.7 Å². The normalized spacial score (nSPS) is 18.9. The standard InChI is InChI=1S/C34H27N3O6S2/c1-42-21-16-14-20(15-17-21)37-31(39)28-27(23-11-5-6-13-25(23)43-2)30-33(44-29(28)32(37)40)36(34(41)45-30)18-26(38)35-24-12-7-9-19-8-3-4-10-22(19)24/h3-17,27-29H,18H2,1-2H3,(H,35,38)/t27-,28?,29?/m1/s1. The van der Waals surface area contributed by atoms with Gasteiger partial charge in [0.05, 0.1) is 30.9 Å². The molecule has 1 aromatic heterocycles. The quantitative estimate of drug-likeness (QED) is 0.235. The predicted molar refractivity (Wildman–Crippen MR) is 175 cm³/mol. The Labute approximate surface area is 266 Å². The number of hydrogen-bond donors (Lipinski definition) is 1. The molecule has 2 aliphatic heterocycles. The van der Waals surface area contributed by atoms with Crippen LogP contribution in [0.4, 0.5) is 11.4 Å². The smallest absolute Gasteiger partial charge is 0.308 e. The minimum absolute atomic E-state index is 0.249. The number of fused-ring (bicyclic) bond motifs is 3. The third kappa shape index (κ3) is 4.88. The molecule has 4 aromatic carbocycles. The van der Waals surface area contributed by atoms with Crippen molar-refractivity contribution < 1.29 is 23.9 Å². The molecule has 0 saturated carbocycles. The molecule has 3 amide bonds. The molecular weight excluding hydrogens is 611 g/mol. The van der Waals surface area contributed by atoms with E-state index in [4.69, 9.17) is 9.47 Å². The lowest BCUT2D eigenvalue weighted by molar-refractivity contribution is -0.122. The summed E-state index contributed by atoms with van der Waals surface area (Å²) < 4.78 is 12.4. The van der Waals surface area contributed by atoms with Crippen LogP contribution in [0.3, 0.4) is 0 Å². The van der Waals surface area contributed by atoms with E-state index in [9.17, 15) is 19.2 Å². The van der Waals surface area contributed by atoms with Crippen molar-refractivity contribution in [1.82, 2.24) is 4.57 Å². The van der Waals surface area contributed by atoms with E-state index in [0.717, 1.165) is 22.1 Å². The van der Waals surface area contributed by atoms with E-state index in [-0.39, 0.29) is 29.1 Å². The van der Waals surface area contributed by atoms with Gasteiger partial charge in [0.2, 0.25) is 17.7 Å². The average Bonchev–Trinajstić information content (AvgIpc) is 3.51. The van der Waals surface area contributed by atoms with Gasteiger partial charge < -0.3 is 14.8 Å². The van der Waals surface area contributed by atoms with Gasteiger partial charge in [-0.2, -0.15) is 0 Å². The van der Waals surface area contributed by atoms with E-state index < -0.39 is 17.1 Å². The van der Waals surface area contributed by atoms with Crippen molar-refractivity contribution >= 4 is 63.0 Å². The molecule has 0 spiro atoms. The number of para-hydroxylation sites is 1. The minimum Gasteiger partial charge on any atom is -0.497 e. The molecule has 1 N–H and O–H groups in total. The maximum absolute atomic E-state index is 14.2. The molecule has 226 valence electrons. The van der Waals surface area contributed by atoms with E-state index >= 15 is 0 Å². The molecule has 0 aliphatic carbocycles. The van der Waals surface area contributed by atoms with Crippen LogP contribution < -0.4 is 24.6 Å². The van der Waals surface area contributed by atoms with Gasteiger partial charge >= 0.3 is 4.87 Å². The molecule has 1 fully saturated rings. The number of amides is 3. The first-order valence-corrected chi connectivity index (χ1v) is 15.9. The van der Waals surface area contributed by atoms with Crippen LogP contribution in [-0.4, -0.2) is 41.8 Å². The topological polar surface area (TPSA) is 107 Å². The number of ether oxygens (including phenoxy) is 2. The van der Waals surface area contributed by atoms with Crippen LogP contribution in [0.2, 0.25) is 0 Å². The summed E-state index contributed by atoms with van der Waals surface area (Å²) >= 11 is 2.17. The first kappa shape index (κ1) is 28.9.